The molecule has 1 unspecified atom stereocenters. The van der Waals surface area contributed by atoms with Crippen molar-refractivity contribution < 1.29 is 0 Å². The van der Waals surface area contributed by atoms with Crippen molar-refractivity contribution in [1.82, 2.24) is 5.32 Å². The van der Waals surface area contributed by atoms with E-state index in [-0.39, 0.29) is 0 Å². The molecule has 0 aliphatic heterocycles. The summed E-state index contributed by atoms with van der Waals surface area (Å²) in [6, 6.07) is 6.74. The minimum atomic E-state index is 0.542. The third kappa shape index (κ3) is 7.10. The summed E-state index contributed by atoms with van der Waals surface area (Å²) >= 11 is 9.78. The Morgan fingerprint density at radius 1 is 1.15 bits per heavy atom. The average molecular weight is 361 g/mol. The first-order valence-electron chi connectivity index (χ1n) is 7.84. The lowest BCUT2D eigenvalue weighted by atomic mass is 9.99. The van der Waals surface area contributed by atoms with Gasteiger partial charge in [0.25, 0.3) is 0 Å². The van der Waals surface area contributed by atoms with Gasteiger partial charge in [-0.2, -0.15) is 0 Å². The molecule has 1 aromatic rings. The van der Waals surface area contributed by atoms with Crippen LogP contribution in [0.3, 0.4) is 0 Å². The van der Waals surface area contributed by atoms with Crippen LogP contribution in [0.4, 0.5) is 0 Å². The molecule has 0 amide bonds. The van der Waals surface area contributed by atoms with Gasteiger partial charge in [0.1, 0.15) is 0 Å². The van der Waals surface area contributed by atoms with Gasteiger partial charge in [0.05, 0.1) is 0 Å². The van der Waals surface area contributed by atoms with Crippen LogP contribution in [-0.2, 0) is 6.42 Å². The predicted molar refractivity (Wildman–Crippen MR) is 93.7 cm³/mol. The molecule has 0 aromatic heterocycles. The normalized spacial score (nSPS) is 12.6. The lowest BCUT2D eigenvalue weighted by molar-refractivity contribution is 0.461. The minimum absolute atomic E-state index is 0.542. The Morgan fingerprint density at radius 2 is 1.90 bits per heavy atom. The fourth-order valence-corrected chi connectivity index (χ4v) is 3.26. The van der Waals surface area contributed by atoms with E-state index in [2.05, 4.69) is 47.2 Å². The van der Waals surface area contributed by atoms with Gasteiger partial charge in [-0.3, -0.25) is 0 Å². The fraction of sp³-hybridized carbons (Fsp3) is 0.647. The first kappa shape index (κ1) is 18.0. The molecule has 0 spiro atoms. The van der Waals surface area contributed by atoms with Crippen LogP contribution in [-0.4, -0.2) is 12.6 Å². The van der Waals surface area contributed by atoms with E-state index in [1.165, 1.54) is 44.1 Å². The van der Waals surface area contributed by atoms with E-state index in [9.17, 15) is 0 Å². The molecule has 1 rings (SSSR count). The number of halogens is 2. The topological polar surface area (TPSA) is 12.0 Å². The van der Waals surface area contributed by atoms with Crippen LogP contribution in [0.5, 0.6) is 0 Å². The lowest BCUT2D eigenvalue weighted by Gasteiger charge is -2.18. The van der Waals surface area contributed by atoms with E-state index in [1.54, 1.807) is 0 Å². The zero-order chi connectivity index (χ0) is 14.8. The van der Waals surface area contributed by atoms with Crippen molar-refractivity contribution in [2.24, 2.45) is 0 Å². The molecule has 0 fully saturated rings. The predicted octanol–water partition coefficient (Wildman–Crippen LogP) is 5.98. The number of hydrogen-bond donors (Lipinski definition) is 1. The number of likely N-dealkylation sites (N-methyl/N-ethyl adjacent to an activating group) is 1. The molecule has 1 atom stereocenters. The van der Waals surface area contributed by atoms with Gasteiger partial charge in [0.15, 0.2) is 0 Å². The van der Waals surface area contributed by atoms with Crippen molar-refractivity contribution in [3.8, 4) is 0 Å². The van der Waals surface area contributed by atoms with Gasteiger partial charge in [-0.05, 0) is 37.1 Å². The maximum atomic E-state index is 6.32. The molecular formula is C17H27BrClN. The molecule has 1 aromatic carbocycles. The van der Waals surface area contributed by atoms with Crippen LogP contribution < -0.4 is 5.32 Å². The summed E-state index contributed by atoms with van der Waals surface area (Å²) in [5.41, 5.74) is 1.24. The summed E-state index contributed by atoms with van der Waals surface area (Å²) < 4.78 is 1.05. The fourth-order valence-electron chi connectivity index (χ4n) is 2.51. The molecule has 0 radical (unpaired) electrons. The van der Waals surface area contributed by atoms with Gasteiger partial charge in [0.2, 0.25) is 0 Å². The van der Waals surface area contributed by atoms with E-state index < -0.39 is 0 Å². The maximum absolute atomic E-state index is 6.32. The van der Waals surface area contributed by atoms with E-state index in [0.717, 1.165) is 22.5 Å². The maximum Gasteiger partial charge on any atom is 0.0449 e. The van der Waals surface area contributed by atoms with Crippen molar-refractivity contribution in [3.05, 3.63) is 33.3 Å². The van der Waals surface area contributed by atoms with E-state index in [4.69, 9.17) is 11.6 Å². The SMILES string of the molecule is CCCCCCCC(Cc1ccc(Br)cc1Cl)NCC. The van der Waals surface area contributed by atoms with E-state index in [1.807, 2.05) is 6.07 Å². The molecule has 0 saturated carbocycles. The second-order valence-corrected chi connectivity index (χ2v) is 6.72. The number of rotatable bonds is 10. The monoisotopic (exact) mass is 359 g/mol. The van der Waals surface area contributed by atoms with Crippen LogP contribution in [0.15, 0.2) is 22.7 Å². The Morgan fingerprint density at radius 3 is 2.55 bits per heavy atom. The lowest BCUT2D eigenvalue weighted by Crippen LogP contribution is -2.31. The standard InChI is InChI=1S/C17H27BrClN/c1-3-5-6-7-8-9-16(20-4-2)12-14-10-11-15(18)13-17(14)19/h10-11,13,16,20H,3-9,12H2,1-2H3. The number of hydrogen-bond acceptors (Lipinski definition) is 1. The number of unbranched alkanes of at least 4 members (excludes halogenated alkanes) is 4. The zero-order valence-electron chi connectivity index (χ0n) is 12.7. The number of benzene rings is 1. The van der Waals surface area contributed by atoms with Crippen molar-refractivity contribution >= 4 is 27.5 Å². The van der Waals surface area contributed by atoms with Crippen LogP contribution in [0.2, 0.25) is 5.02 Å². The first-order valence-corrected chi connectivity index (χ1v) is 9.01. The van der Waals surface area contributed by atoms with Gasteiger partial charge in [-0.25, -0.2) is 0 Å². The van der Waals surface area contributed by atoms with Crippen molar-refractivity contribution in [2.75, 3.05) is 6.54 Å². The van der Waals surface area contributed by atoms with Gasteiger partial charge in [-0.1, -0.05) is 79.5 Å². The average Bonchev–Trinajstić information content (AvgIpc) is 2.41. The van der Waals surface area contributed by atoms with Gasteiger partial charge in [-0.15, -0.1) is 0 Å². The third-order valence-corrected chi connectivity index (χ3v) is 4.48. The van der Waals surface area contributed by atoms with Crippen LogP contribution in [0.1, 0.15) is 57.9 Å². The van der Waals surface area contributed by atoms with Crippen LogP contribution in [0.25, 0.3) is 0 Å². The van der Waals surface area contributed by atoms with E-state index >= 15 is 0 Å². The Bertz CT molecular complexity index is 381. The Balaban J connectivity index is 2.45. The highest BCUT2D eigenvalue weighted by Crippen LogP contribution is 2.23. The Hall–Kier alpha value is -0.0500. The molecule has 1 N–H and O–H groups in total. The summed E-state index contributed by atoms with van der Waals surface area (Å²) in [6.07, 6.45) is 8.97. The van der Waals surface area contributed by atoms with E-state index in [0.29, 0.717) is 6.04 Å². The summed E-state index contributed by atoms with van der Waals surface area (Å²) in [5.74, 6) is 0. The van der Waals surface area contributed by atoms with Crippen molar-refractivity contribution in [3.63, 3.8) is 0 Å². The molecule has 1 nitrogen and oxygen atoms in total. The summed E-state index contributed by atoms with van der Waals surface area (Å²) in [5, 5.41) is 4.46. The highest BCUT2D eigenvalue weighted by Gasteiger charge is 2.10. The largest absolute Gasteiger partial charge is 0.314 e. The Kier molecular flexibility index (Phi) is 9.58. The van der Waals surface area contributed by atoms with Gasteiger partial charge in [0, 0.05) is 15.5 Å². The summed E-state index contributed by atoms with van der Waals surface area (Å²) in [4.78, 5) is 0. The number of nitrogens with one attached hydrogen (secondary N) is 1. The highest BCUT2D eigenvalue weighted by atomic mass is 79.9. The molecule has 114 valence electrons. The second kappa shape index (κ2) is 10.6. The zero-order valence-corrected chi connectivity index (χ0v) is 15.1. The van der Waals surface area contributed by atoms with Crippen LogP contribution >= 0.6 is 27.5 Å². The second-order valence-electron chi connectivity index (χ2n) is 5.40. The van der Waals surface area contributed by atoms with Gasteiger partial charge < -0.3 is 5.32 Å². The van der Waals surface area contributed by atoms with Crippen LogP contribution in [0, 0.1) is 0 Å². The highest BCUT2D eigenvalue weighted by molar-refractivity contribution is 9.10. The summed E-state index contributed by atoms with van der Waals surface area (Å²) in [6.45, 7) is 5.46. The smallest absolute Gasteiger partial charge is 0.0449 e. The third-order valence-electron chi connectivity index (χ3n) is 3.63. The van der Waals surface area contributed by atoms with Crippen molar-refractivity contribution in [1.29, 1.82) is 0 Å². The molecule has 0 bridgehead atoms. The first-order chi connectivity index (χ1) is 9.67. The van der Waals surface area contributed by atoms with Gasteiger partial charge >= 0.3 is 0 Å². The minimum Gasteiger partial charge on any atom is -0.314 e. The molecule has 0 aliphatic rings. The Labute approximate surface area is 137 Å². The molecule has 0 heterocycles. The summed E-state index contributed by atoms with van der Waals surface area (Å²) in [7, 11) is 0. The molecule has 3 heteroatoms. The molecular weight excluding hydrogens is 334 g/mol. The molecule has 20 heavy (non-hydrogen) atoms. The quantitative estimate of drug-likeness (QED) is 0.506. The molecule has 0 aliphatic carbocycles. The van der Waals surface area contributed by atoms with Crippen molar-refractivity contribution in [2.45, 2.75) is 64.8 Å². The molecule has 0 saturated heterocycles.